The molecule has 0 aliphatic carbocycles. The summed E-state index contributed by atoms with van der Waals surface area (Å²) in [5, 5.41) is 0. The first-order valence-corrected chi connectivity index (χ1v) is 4.99. The summed E-state index contributed by atoms with van der Waals surface area (Å²) < 4.78 is 5.28. The van der Waals surface area contributed by atoms with Crippen molar-refractivity contribution in [3.05, 3.63) is 65.2 Å². The van der Waals surface area contributed by atoms with Crippen molar-refractivity contribution >= 4 is 5.71 Å². The van der Waals surface area contributed by atoms with Crippen molar-refractivity contribution in [3.8, 4) is 11.5 Å². The van der Waals surface area contributed by atoms with E-state index in [-0.39, 0.29) is 0 Å². The van der Waals surface area contributed by atoms with Crippen LogP contribution in [0.5, 0.6) is 11.5 Å². The smallest absolute Gasteiger partial charge is 0.333 e. The standard InChI is InChI=1S/C13H8N2O/c14-15-12(9-5-2-1-3-6-9)10-7-4-8-11-13(10)16-11/h1-8H. The minimum absolute atomic E-state index is 0.537. The zero-order chi connectivity index (χ0) is 11.0. The normalized spacial score (nSPS) is 11.0. The molecule has 1 aliphatic rings. The fraction of sp³-hybridized carbons (Fsp3) is 0. The molecule has 76 valence electrons. The molecule has 0 unspecified atom stereocenters. The molecular weight excluding hydrogens is 200 g/mol. The molecule has 3 rings (SSSR count). The Morgan fingerprint density at radius 1 is 1.00 bits per heavy atom. The van der Waals surface area contributed by atoms with Crippen LogP contribution in [-0.2, 0) is 0 Å². The largest absolute Gasteiger partial charge is 0.449 e. The Hall–Kier alpha value is -2.38. The lowest BCUT2D eigenvalue weighted by molar-refractivity contribution is -0.00279. The van der Waals surface area contributed by atoms with E-state index in [4.69, 9.17) is 10.3 Å². The number of hydrogen-bond acceptors (Lipinski definition) is 1. The van der Waals surface area contributed by atoms with Crippen LogP contribution in [0, 0.1) is 0 Å². The van der Waals surface area contributed by atoms with Gasteiger partial charge in [0.2, 0.25) is 0 Å². The summed E-state index contributed by atoms with van der Waals surface area (Å²) in [5.74, 6) is 1.66. The van der Waals surface area contributed by atoms with Crippen molar-refractivity contribution in [2.45, 2.75) is 0 Å². The molecule has 3 heteroatoms. The molecule has 16 heavy (non-hydrogen) atoms. The number of hydrogen-bond donors (Lipinski definition) is 0. The highest BCUT2D eigenvalue weighted by Gasteiger charge is 2.30. The fourth-order valence-electron chi connectivity index (χ4n) is 1.74. The molecule has 2 aromatic carbocycles. The number of para-hydroxylation sites is 1. The van der Waals surface area contributed by atoms with Crippen LogP contribution in [0.2, 0.25) is 0 Å². The van der Waals surface area contributed by atoms with Gasteiger partial charge in [0.25, 0.3) is 0 Å². The molecule has 0 fully saturated rings. The van der Waals surface area contributed by atoms with E-state index < -0.39 is 0 Å². The number of benzene rings is 2. The van der Waals surface area contributed by atoms with E-state index in [1.54, 1.807) is 0 Å². The van der Waals surface area contributed by atoms with E-state index in [1.165, 1.54) is 0 Å². The lowest BCUT2D eigenvalue weighted by Crippen LogP contribution is -2.02. The second-order valence-corrected chi connectivity index (χ2v) is 3.55. The molecule has 0 bridgehead atoms. The third-order valence-corrected chi connectivity index (χ3v) is 2.55. The summed E-state index contributed by atoms with van der Waals surface area (Å²) in [7, 11) is 0. The minimum atomic E-state index is 0.537. The molecule has 3 nitrogen and oxygen atoms in total. The number of ether oxygens (including phenoxy) is 1. The van der Waals surface area contributed by atoms with E-state index in [9.17, 15) is 0 Å². The SMILES string of the molecule is [N-]=[N+]=C(c1ccccc1)c1cccc2c1O2. The first-order chi connectivity index (χ1) is 7.90. The average molecular weight is 208 g/mol. The summed E-state index contributed by atoms with van der Waals surface area (Å²) in [6, 6.07) is 15.2. The zero-order valence-corrected chi connectivity index (χ0v) is 8.42. The predicted molar refractivity (Wildman–Crippen MR) is 59.8 cm³/mol. The summed E-state index contributed by atoms with van der Waals surface area (Å²) in [5.41, 5.74) is 11.3. The second-order valence-electron chi connectivity index (χ2n) is 3.55. The highest BCUT2D eigenvalue weighted by molar-refractivity contribution is 6.12. The second kappa shape index (κ2) is 3.33. The zero-order valence-electron chi connectivity index (χ0n) is 8.42. The van der Waals surface area contributed by atoms with Crippen LogP contribution in [0.25, 0.3) is 5.53 Å². The van der Waals surface area contributed by atoms with Crippen molar-refractivity contribution in [3.63, 3.8) is 0 Å². The molecule has 0 saturated heterocycles. The van der Waals surface area contributed by atoms with Crippen LogP contribution in [0.4, 0.5) is 0 Å². The van der Waals surface area contributed by atoms with Gasteiger partial charge in [-0.15, -0.1) is 0 Å². The lowest BCUT2D eigenvalue weighted by atomic mass is 10.0. The minimum Gasteiger partial charge on any atom is -0.449 e. The molecule has 0 radical (unpaired) electrons. The Balaban J connectivity index is 2.14. The Bertz CT molecular complexity index is 599. The topological polar surface area (TPSA) is 48.9 Å². The summed E-state index contributed by atoms with van der Waals surface area (Å²) >= 11 is 0. The Labute approximate surface area is 92.5 Å². The maximum absolute atomic E-state index is 9.11. The van der Waals surface area contributed by atoms with E-state index in [2.05, 4.69) is 4.79 Å². The summed E-state index contributed by atoms with van der Waals surface area (Å²) in [6.07, 6.45) is 0. The van der Waals surface area contributed by atoms with Crippen LogP contribution in [-0.4, -0.2) is 10.5 Å². The third-order valence-electron chi connectivity index (χ3n) is 2.55. The summed E-state index contributed by atoms with van der Waals surface area (Å²) in [6.45, 7) is 0. The predicted octanol–water partition coefficient (Wildman–Crippen LogP) is 2.86. The van der Waals surface area contributed by atoms with Crippen molar-refractivity contribution in [2.75, 3.05) is 0 Å². The first-order valence-electron chi connectivity index (χ1n) is 4.99. The van der Waals surface area contributed by atoms with Crippen molar-refractivity contribution in [1.82, 2.24) is 0 Å². The van der Waals surface area contributed by atoms with E-state index in [1.807, 2.05) is 48.5 Å². The molecule has 0 saturated carbocycles. The third kappa shape index (κ3) is 1.31. The molecule has 1 heterocycles. The maximum Gasteiger partial charge on any atom is 0.333 e. The van der Waals surface area contributed by atoms with Gasteiger partial charge in [0.05, 0.1) is 5.56 Å². The number of fused-ring (bicyclic) bond motifs is 1. The van der Waals surface area contributed by atoms with Gasteiger partial charge in [0.1, 0.15) is 5.56 Å². The molecule has 0 spiro atoms. The lowest BCUT2D eigenvalue weighted by Gasteiger charge is -1.94. The summed E-state index contributed by atoms with van der Waals surface area (Å²) in [4.78, 5) is 3.36. The van der Waals surface area contributed by atoms with Gasteiger partial charge in [-0.1, -0.05) is 24.3 Å². The van der Waals surface area contributed by atoms with Crippen molar-refractivity contribution < 1.29 is 9.53 Å². The Kier molecular flexibility index (Phi) is 1.85. The van der Waals surface area contributed by atoms with Gasteiger partial charge >= 0.3 is 5.71 Å². The molecule has 1 aliphatic heterocycles. The Morgan fingerprint density at radius 2 is 1.81 bits per heavy atom. The molecule has 0 amide bonds. The van der Waals surface area contributed by atoms with Crippen LogP contribution in [0.3, 0.4) is 0 Å². The number of nitrogens with zero attached hydrogens (tertiary/aromatic N) is 2. The van der Waals surface area contributed by atoms with E-state index >= 15 is 0 Å². The monoisotopic (exact) mass is 208 g/mol. The van der Waals surface area contributed by atoms with Crippen LogP contribution >= 0.6 is 0 Å². The van der Waals surface area contributed by atoms with Gasteiger partial charge in [-0.25, -0.2) is 0 Å². The molecule has 2 aromatic rings. The van der Waals surface area contributed by atoms with Gasteiger partial charge in [-0.05, 0) is 24.3 Å². The van der Waals surface area contributed by atoms with Crippen LogP contribution < -0.4 is 4.74 Å². The average Bonchev–Trinajstić information content (AvgIpc) is 3.11. The van der Waals surface area contributed by atoms with Gasteiger partial charge in [0.15, 0.2) is 11.5 Å². The van der Waals surface area contributed by atoms with Crippen molar-refractivity contribution in [1.29, 1.82) is 0 Å². The molecular formula is C13H8N2O. The van der Waals surface area contributed by atoms with Crippen LogP contribution in [0.1, 0.15) is 11.1 Å². The van der Waals surface area contributed by atoms with E-state index in [0.29, 0.717) is 5.71 Å². The molecule has 0 atom stereocenters. The highest BCUT2D eigenvalue weighted by Crippen LogP contribution is 2.48. The van der Waals surface area contributed by atoms with Crippen molar-refractivity contribution in [2.24, 2.45) is 0 Å². The molecule has 0 aromatic heterocycles. The molecule has 0 N–H and O–H groups in total. The maximum atomic E-state index is 9.11. The number of rotatable bonds is 2. The van der Waals surface area contributed by atoms with Gasteiger partial charge in [0, 0.05) is 0 Å². The first kappa shape index (κ1) is 8.89. The highest BCUT2D eigenvalue weighted by atomic mass is 16.6. The Morgan fingerprint density at radius 3 is 2.56 bits per heavy atom. The quantitative estimate of drug-likeness (QED) is 0.276. The van der Waals surface area contributed by atoms with Crippen LogP contribution in [0.15, 0.2) is 48.5 Å². The van der Waals surface area contributed by atoms with E-state index in [0.717, 1.165) is 22.6 Å². The van der Waals surface area contributed by atoms with Gasteiger partial charge in [-0.3, -0.25) is 0 Å². The van der Waals surface area contributed by atoms with Gasteiger partial charge < -0.3 is 10.3 Å². The van der Waals surface area contributed by atoms with Gasteiger partial charge in [-0.2, -0.15) is 4.79 Å². The fourth-order valence-corrected chi connectivity index (χ4v) is 1.74.